The lowest BCUT2D eigenvalue weighted by atomic mass is 9.84. The Hall–Kier alpha value is -1.78. The Kier molecular flexibility index (Phi) is 4.53. The van der Waals surface area contributed by atoms with Crippen LogP contribution in [0.1, 0.15) is 26.3 Å². The van der Waals surface area contributed by atoms with Gasteiger partial charge in [-0.15, -0.1) is 0 Å². The van der Waals surface area contributed by atoms with Crippen molar-refractivity contribution in [3.63, 3.8) is 0 Å². The summed E-state index contributed by atoms with van der Waals surface area (Å²) in [5.41, 5.74) is 0.237. The van der Waals surface area contributed by atoms with Crippen LogP contribution in [0.2, 0.25) is 0 Å². The molecule has 0 saturated heterocycles. The number of benzene rings is 1. The average molecular weight is 255 g/mol. The zero-order chi connectivity index (χ0) is 13.8. The molecule has 4 nitrogen and oxygen atoms in total. The first-order chi connectivity index (χ1) is 8.36. The molecule has 0 heterocycles. The quantitative estimate of drug-likeness (QED) is 0.850. The molecular weight excluding hydrogens is 237 g/mol. The fourth-order valence-electron chi connectivity index (χ4n) is 1.59. The number of hydrogen-bond donors (Lipinski definition) is 2. The van der Waals surface area contributed by atoms with Crippen molar-refractivity contribution < 1.29 is 19.0 Å². The second-order valence-corrected chi connectivity index (χ2v) is 4.62. The lowest BCUT2D eigenvalue weighted by Gasteiger charge is -2.25. The molecule has 0 unspecified atom stereocenters. The van der Waals surface area contributed by atoms with Gasteiger partial charge in [0.2, 0.25) is 0 Å². The van der Waals surface area contributed by atoms with E-state index in [1.54, 1.807) is 19.1 Å². The van der Waals surface area contributed by atoms with Gasteiger partial charge in [0, 0.05) is 12.0 Å². The van der Waals surface area contributed by atoms with Crippen LogP contribution in [0.25, 0.3) is 0 Å². The van der Waals surface area contributed by atoms with Crippen molar-refractivity contribution in [2.24, 2.45) is 0 Å². The normalized spacial score (nSPS) is 11.1. The molecule has 100 valence electrons. The number of halogens is 1. The van der Waals surface area contributed by atoms with Crippen molar-refractivity contribution in [3.05, 3.63) is 29.6 Å². The Labute approximate surface area is 106 Å². The van der Waals surface area contributed by atoms with Crippen LogP contribution in [0.5, 0.6) is 5.75 Å². The van der Waals surface area contributed by atoms with E-state index in [0.717, 1.165) is 5.56 Å². The predicted molar refractivity (Wildman–Crippen MR) is 66.6 cm³/mol. The Balaban J connectivity index is 2.88. The Bertz CT molecular complexity index is 432. The summed E-state index contributed by atoms with van der Waals surface area (Å²) in [6, 6.07) is 4.70. The third kappa shape index (κ3) is 3.61. The lowest BCUT2D eigenvalue weighted by molar-refractivity contribution is 0.192. The molecule has 0 radical (unpaired) electrons. The maximum Gasteiger partial charge on any atom is 0.404 e. The average Bonchev–Trinajstić information content (AvgIpc) is 2.29. The molecule has 1 rings (SSSR count). The standard InChI is InChI=1S/C13H18FNO3/c1-4-18-11-6-5-9(7-10(11)14)13(2,3)8-15-12(16)17/h5-7,15H,4,8H2,1-3H3,(H,16,17). The molecule has 1 aromatic rings. The second kappa shape index (κ2) is 5.71. The van der Waals surface area contributed by atoms with Crippen LogP contribution in [0.4, 0.5) is 9.18 Å². The Morgan fingerprint density at radius 3 is 2.67 bits per heavy atom. The van der Waals surface area contributed by atoms with Crippen LogP contribution in [0.15, 0.2) is 18.2 Å². The molecule has 0 bridgehead atoms. The lowest BCUT2D eigenvalue weighted by Crippen LogP contribution is -2.35. The van der Waals surface area contributed by atoms with E-state index < -0.39 is 17.3 Å². The van der Waals surface area contributed by atoms with Crippen molar-refractivity contribution in [3.8, 4) is 5.75 Å². The van der Waals surface area contributed by atoms with E-state index in [-0.39, 0.29) is 12.3 Å². The first kappa shape index (κ1) is 14.3. The molecule has 0 saturated carbocycles. The van der Waals surface area contributed by atoms with Gasteiger partial charge in [-0.3, -0.25) is 0 Å². The summed E-state index contributed by atoms with van der Waals surface area (Å²) >= 11 is 0. The highest BCUT2D eigenvalue weighted by molar-refractivity contribution is 5.64. The van der Waals surface area contributed by atoms with Gasteiger partial charge in [0.15, 0.2) is 11.6 Å². The van der Waals surface area contributed by atoms with Crippen LogP contribution in [0, 0.1) is 5.82 Å². The molecule has 0 aliphatic rings. The van der Waals surface area contributed by atoms with E-state index in [4.69, 9.17) is 9.84 Å². The third-order valence-electron chi connectivity index (χ3n) is 2.69. The van der Waals surface area contributed by atoms with Crippen LogP contribution in [-0.2, 0) is 5.41 Å². The maximum absolute atomic E-state index is 13.7. The molecule has 18 heavy (non-hydrogen) atoms. The number of rotatable bonds is 5. The molecule has 1 aromatic carbocycles. The number of amides is 1. The minimum atomic E-state index is -1.09. The van der Waals surface area contributed by atoms with Crippen LogP contribution in [0.3, 0.4) is 0 Å². The van der Waals surface area contributed by atoms with Crippen molar-refractivity contribution in [1.29, 1.82) is 0 Å². The van der Waals surface area contributed by atoms with Crippen LogP contribution >= 0.6 is 0 Å². The van der Waals surface area contributed by atoms with Gasteiger partial charge < -0.3 is 15.2 Å². The van der Waals surface area contributed by atoms with Gasteiger partial charge in [0.05, 0.1) is 6.61 Å². The summed E-state index contributed by atoms with van der Waals surface area (Å²) in [4.78, 5) is 10.5. The highest BCUT2D eigenvalue weighted by atomic mass is 19.1. The number of hydrogen-bond acceptors (Lipinski definition) is 2. The molecule has 0 fully saturated rings. The Morgan fingerprint density at radius 2 is 2.17 bits per heavy atom. The van der Waals surface area contributed by atoms with Crippen molar-refractivity contribution in [1.82, 2.24) is 5.32 Å². The smallest absolute Gasteiger partial charge is 0.404 e. The minimum Gasteiger partial charge on any atom is -0.491 e. The number of carboxylic acid groups (broad SMARTS) is 1. The first-order valence-corrected chi connectivity index (χ1v) is 5.76. The Morgan fingerprint density at radius 1 is 1.50 bits per heavy atom. The summed E-state index contributed by atoms with van der Waals surface area (Å²) < 4.78 is 18.8. The SMILES string of the molecule is CCOc1ccc(C(C)(C)CNC(=O)O)cc1F. The zero-order valence-corrected chi connectivity index (χ0v) is 10.8. The predicted octanol–water partition coefficient (Wildman–Crippen LogP) is 2.77. The van der Waals surface area contributed by atoms with Crippen molar-refractivity contribution in [2.45, 2.75) is 26.2 Å². The molecule has 2 N–H and O–H groups in total. The third-order valence-corrected chi connectivity index (χ3v) is 2.69. The number of nitrogens with one attached hydrogen (secondary N) is 1. The molecule has 0 spiro atoms. The van der Waals surface area contributed by atoms with Crippen LogP contribution < -0.4 is 10.1 Å². The van der Waals surface area contributed by atoms with E-state index in [1.807, 2.05) is 13.8 Å². The summed E-state index contributed by atoms with van der Waals surface area (Å²) in [7, 11) is 0. The maximum atomic E-state index is 13.7. The van der Waals surface area contributed by atoms with Gasteiger partial charge >= 0.3 is 6.09 Å². The summed E-state index contributed by atoms with van der Waals surface area (Å²) in [5, 5.41) is 10.9. The molecule has 0 aliphatic heterocycles. The van der Waals surface area contributed by atoms with E-state index in [2.05, 4.69) is 5.32 Å². The van der Waals surface area contributed by atoms with Gasteiger partial charge in [-0.05, 0) is 24.6 Å². The fraction of sp³-hybridized carbons (Fsp3) is 0.462. The highest BCUT2D eigenvalue weighted by Gasteiger charge is 2.22. The van der Waals surface area contributed by atoms with Crippen molar-refractivity contribution in [2.75, 3.05) is 13.2 Å². The monoisotopic (exact) mass is 255 g/mol. The molecule has 0 atom stereocenters. The number of carbonyl (C=O) groups is 1. The van der Waals surface area contributed by atoms with Gasteiger partial charge in [-0.1, -0.05) is 19.9 Å². The minimum absolute atomic E-state index is 0.211. The first-order valence-electron chi connectivity index (χ1n) is 5.76. The van der Waals surface area contributed by atoms with E-state index in [9.17, 15) is 9.18 Å². The van der Waals surface area contributed by atoms with Gasteiger partial charge in [-0.25, -0.2) is 9.18 Å². The highest BCUT2D eigenvalue weighted by Crippen LogP contribution is 2.27. The van der Waals surface area contributed by atoms with E-state index in [1.165, 1.54) is 6.07 Å². The van der Waals surface area contributed by atoms with Gasteiger partial charge in [-0.2, -0.15) is 0 Å². The summed E-state index contributed by atoms with van der Waals surface area (Å²) in [6.07, 6.45) is -1.09. The van der Waals surface area contributed by atoms with Crippen LogP contribution in [-0.4, -0.2) is 24.4 Å². The molecule has 5 heteroatoms. The van der Waals surface area contributed by atoms with Gasteiger partial charge in [0.1, 0.15) is 0 Å². The topological polar surface area (TPSA) is 58.6 Å². The fourth-order valence-corrected chi connectivity index (χ4v) is 1.59. The molecular formula is C13H18FNO3. The second-order valence-electron chi connectivity index (χ2n) is 4.62. The molecule has 1 amide bonds. The van der Waals surface area contributed by atoms with E-state index in [0.29, 0.717) is 6.61 Å². The largest absolute Gasteiger partial charge is 0.491 e. The summed E-state index contributed by atoms with van der Waals surface area (Å²) in [6.45, 7) is 6.10. The van der Waals surface area contributed by atoms with E-state index >= 15 is 0 Å². The number of ether oxygens (including phenoxy) is 1. The summed E-state index contributed by atoms with van der Waals surface area (Å²) in [5.74, 6) is -0.221. The van der Waals surface area contributed by atoms with Crippen molar-refractivity contribution >= 4 is 6.09 Å². The zero-order valence-electron chi connectivity index (χ0n) is 10.8. The molecule has 0 aliphatic carbocycles. The molecule has 0 aromatic heterocycles. The van der Waals surface area contributed by atoms with Gasteiger partial charge in [0.25, 0.3) is 0 Å².